The Labute approximate surface area is 113 Å². The third-order valence-corrected chi connectivity index (χ3v) is 5.55. The van der Waals surface area contributed by atoms with Crippen molar-refractivity contribution in [1.29, 1.82) is 0 Å². The molecule has 1 saturated heterocycles. The number of rotatable bonds is 3. The van der Waals surface area contributed by atoms with Gasteiger partial charge < -0.3 is 9.88 Å². The second-order valence-electron chi connectivity index (χ2n) is 4.69. The maximum Gasteiger partial charge on any atom is 0.244 e. The van der Waals surface area contributed by atoms with Gasteiger partial charge in [0.05, 0.1) is 10.8 Å². The van der Waals surface area contributed by atoms with E-state index < -0.39 is 10.0 Å². The van der Waals surface area contributed by atoms with Crippen LogP contribution < -0.4 is 0 Å². The van der Waals surface area contributed by atoms with Gasteiger partial charge >= 0.3 is 0 Å². The van der Waals surface area contributed by atoms with Crippen molar-refractivity contribution in [3.05, 3.63) is 18.0 Å². The first-order chi connectivity index (χ1) is 8.45. The van der Waals surface area contributed by atoms with Gasteiger partial charge in [0.15, 0.2) is 0 Å². The molecule has 1 N–H and O–H groups in total. The fourth-order valence-corrected chi connectivity index (χ4v) is 3.71. The van der Waals surface area contributed by atoms with Crippen LogP contribution in [0.3, 0.4) is 0 Å². The molecule has 102 valence electrons. The normalized spacial score (nSPS) is 23.4. The fourth-order valence-electron chi connectivity index (χ4n) is 2.03. The van der Waals surface area contributed by atoms with Crippen LogP contribution in [0.1, 0.15) is 12.6 Å². The van der Waals surface area contributed by atoms with Crippen molar-refractivity contribution in [2.24, 2.45) is 0 Å². The van der Waals surface area contributed by atoms with Crippen molar-refractivity contribution in [1.82, 2.24) is 14.2 Å². The van der Waals surface area contributed by atoms with Gasteiger partial charge in [-0.25, -0.2) is 8.42 Å². The number of hydrogen-bond donors (Lipinski definition) is 1. The molecule has 0 amide bonds. The van der Waals surface area contributed by atoms with Gasteiger partial charge in [-0.2, -0.15) is 4.31 Å². The van der Waals surface area contributed by atoms with Crippen molar-refractivity contribution in [3.63, 3.8) is 0 Å². The predicted molar refractivity (Wildman–Crippen MR) is 71.2 cm³/mol. The van der Waals surface area contributed by atoms with Gasteiger partial charge in [-0.15, -0.1) is 11.6 Å². The molecular formula is C11H18ClN3O2S. The molecule has 2 heterocycles. The average Bonchev–Trinajstić information content (AvgIpc) is 2.81. The van der Waals surface area contributed by atoms with E-state index >= 15 is 0 Å². The van der Waals surface area contributed by atoms with Crippen LogP contribution in [0.15, 0.2) is 17.2 Å². The van der Waals surface area contributed by atoms with E-state index in [-0.39, 0.29) is 11.9 Å². The Bertz CT molecular complexity index is 514. The predicted octanol–water partition coefficient (Wildman–Crippen LogP) is 1.08. The second-order valence-corrected chi connectivity index (χ2v) is 6.89. The molecule has 1 aliphatic rings. The van der Waals surface area contributed by atoms with E-state index in [4.69, 9.17) is 11.6 Å². The summed E-state index contributed by atoms with van der Waals surface area (Å²) in [6, 6.07) is 1.84. The first-order valence-electron chi connectivity index (χ1n) is 5.89. The molecule has 18 heavy (non-hydrogen) atoms. The zero-order chi connectivity index (χ0) is 13.3. The molecule has 5 nitrogen and oxygen atoms in total. The van der Waals surface area contributed by atoms with Gasteiger partial charge in [-0.1, -0.05) is 0 Å². The molecule has 0 aromatic carbocycles. The van der Waals surface area contributed by atoms with Gasteiger partial charge in [0, 0.05) is 37.6 Å². The summed E-state index contributed by atoms with van der Waals surface area (Å²) in [6.07, 6.45) is 1.51. The van der Waals surface area contributed by atoms with E-state index in [2.05, 4.69) is 9.88 Å². The molecule has 0 bridgehead atoms. The van der Waals surface area contributed by atoms with Crippen LogP contribution in [0.4, 0.5) is 0 Å². The molecule has 7 heteroatoms. The SMILES string of the molecule is CC1CN(S(=O)(=O)c2c[nH]c(CCl)c2)CCN1C. The lowest BCUT2D eigenvalue weighted by Crippen LogP contribution is -2.51. The van der Waals surface area contributed by atoms with Gasteiger partial charge in [0.2, 0.25) is 10.0 Å². The summed E-state index contributed by atoms with van der Waals surface area (Å²) >= 11 is 5.67. The van der Waals surface area contributed by atoms with Crippen LogP contribution in [0.5, 0.6) is 0 Å². The number of alkyl halides is 1. The van der Waals surface area contributed by atoms with Crippen LogP contribution in [0, 0.1) is 0 Å². The highest BCUT2D eigenvalue weighted by molar-refractivity contribution is 7.89. The number of nitrogens with one attached hydrogen (secondary N) is 1. The lowest BCUT2D eigenvalue weighted by Gasteiger charge is -2.36. The number of sulfonamides is 1. The Balaban J connectivity index is 2.21. The molecule has 1 unspecified atom stereocenters. The van der Waals surface area contributed by atoms with Crippen molar-refractivity contribution in [3.8, 4) is 0 Å². The number of nitrogens with zero attached hydrogens (tertiary/aromatic N) is 2. The number of piperazine rings is 1. The van der Waals surface area contributed by atoms with Crippen molar-refractivity contribution in [2.75, 3.05) is 26.7 Å². The summed E-state index contributed by atoms with van der Waals surface area (Å²) in [5.41, 5.74) is 0.720. The maximum atomic E-state index is 12.4. The molecule has 0 aliphatic carbocycles. The van der Waals surface area contributed by atoms with Gasteiger partial charge in [-0.05, 0) is 20.0 Å². The molecule has 0 radical (unpaired) electrons. The first kappa shape index (κ1) is 13.9. The Morgan fingerprint density at radius 1 is 1.50 bits per heavy atom. The van der Waals surface area contributed by atoms with E-state index in [0.717, 1.165) is 12.2 Å². The minimum Gasteiger partial charge on any atom is -0.363 e. The summed E-state index contributed by atoms with van der Waals surface area (Å²) in [5, 5.41) is 0. The Kier molecular flexibility index (Phi) is 4.01. The van der Waals surface area contributed by atoms with E-state index in [1.54, 1.807) is 10.4 Å². The van der Waals surface area contributed by atoms with Crippen LogP contribution in [-0.4, -0.2) is 55.3 Å². The van der Waals surface area contributed by atoms with Crippen LogP contribution in [0.2, 0.25) is 0 Å². The molecule has 0 spiro atoms. The molecule has 0 saturated carbocycles. The third-order valence-electron chi connectivity index (χ3n) is 3.42. The highest BCUT2D eigenvalue weighted by atomic mass is 35.5. The number of halogens is 1. The summed E-state index contributed by atoms with van der Waals surface area (Å²) in [7, 11) is -1.38. The highest BCUT2D eigenvalue weighted by Gasteiger charge is 2.31. The summed E-state index contributed by atoms with van der Waals surface area (Å²) < 4.78 is 26.4. The molecular weight excluding hydrogens is 274 g/mol. The molecule has 1 atom stereocenters. The summed E-state index contributed by atoms with van der Waals surface area (Å²) in [6.45, 7) is 3.85. The van der Waals surface area contributed by atoms with Crippen molar-refractivity contribution < 1.29 is 8.42 Å². The van der Waals surface area contributed by atoms with E-state index in [1.807, 2.05) is 14.0 Å². The number of aromatic amines is 1. The number of likely N-dealkylation sites (N-methyl/N-ethyl adjacent to an activating group) is 1. The second kappa shape index (κ2) is 5.21. The van der Waals surface area contributed by atoms with Crippen LogP contribution in [0.25, 0.3) is 0 Å². The molecule has 1 aliphatic heterocycles. The van der Waals surface area contributed by atoms with E-state index in [9.17, 15) is 8.42 Å². The zero-order valence-corrected chi connectivity index (χ0v) is 12.1. The minimum atomic E-state index is -3.39. The Morgan fingerprint density at radius 3 is 2.78 bits per heavy atom. The number of hydrogen-bond acceptors (Lipinski definition) is 3. The molecule has 1 aromatic rings. The monoisotopic (exact) mass is 291 g/mol. The number of aromatic nitrogens is 1. The van der Waals surface area contributed by atoms with Gasteiger partial charge in [0.1, 0.15) is 0 Å². The van der Waals surface area contributed by atoms with Crippen molar-refractivity contribution in [2.45, 2.75) is 23.7 Å². The Morgan fingerprint density at radius 2 is 2.22 bits per heavy atom. The minimum absolute atomic E-state index is 0.236. The standard InChI is InChI=1S/C11H18ClN3O2S/c1-9-8-15(4-3-14(9)2)18(16,17)11-5-10(6-12)13-7-11/h5,7,9,13H,3-4,6,8H2,1-2H3. The first-order valence-corrected chi connectivity index (χ1v) is 7.86. The smallest absolute Gasteiger partial charge is 0.244 e. The van der Waals surface area contributed by atoms with E-state index in [1.165, 1.54) is 6.20 Å². The topological polar surface area (TPSA) is 56.4 Å². The lowest BCUT2D eigenvalue weighted by atomic mass is 10.2. The fraction of sp³-hybridized carbons (Fsp3) is 0.636. The maximum absolute atomic E-state index is 12.4. The molecule has 1 aromatic heterocycles. The van der Waals surface area contributed by atoms with Crippen molar-refractivity contribution >= 4 is 21.6 Å². The van der Waals surface area contributed by atoms with Gasteiger partial charge in [-0.3, -0.25) is 0 Å². The number of H-pyrrole nitrogens is 1. The zero-order valence-electron chi connectivity index (χ0n) is 10.6. The molecule has 1 fully saturated rings. The third kappa shape index (κ3) is 2.56. The summed E-state index contributed by atoms with van der Waals surface area (Å²) in [5.74, 6) is 0.286. The van der Waals surface area contributed by atoms with E-state index in [0.29, 0.717) is 18.0 Å². The molecule has 2 rings (SSSR count). The lowest BCUT2D eigenvalue weighted by molar-refractivity contribution is 0.159. The largest absolute Gasteiger partial charge is 0.363 e. The summed E-state index contributed by atoms with van der Waals surface area (Å²) in [4.78, 5) is 5.33. The average molecular weight is 292 g/mol. The van der Waals surface area contributed by atoms with Crippen LogP contribution >= 0.6 is 11.6 Å². The highest BCUT2D eigenvalue weighted by Crippen LogP contribution is 2.20. The quantitative estimate of drug-likeness (QED) is 0.848. The van der Waals surface area contributed by atoms with Gasteiger partial charge in [0.25, 0.3) is 0 Å². The van der Waals surface area contributed by atoms with Crippen LogP contribution in [-0.2, 0) is 15.9 Å². The Hall–Kier alpha value is -0.560.